The van der Waals surface area contributed by atoms with Gasteiger partial charge in [-0.05, 0) is 113 Å². The number of hydrogen-bond donors (Lipinski definition) is 0. The highest BCUT2D eigenvalue weighted by Gasteiger charge is 2.66. The lowest BCUT2D eigenvalue weighted by Gasteiger charge is -2.66. The van der Waals surface area contributed by atoms with Crippen LogP contribution in [0.2, 0.25) is 0 Å². The second-order valence-corrected chi connectivity index (χ2v) is 14.2. The summed E-state index contributed by atoms with van der Waals surface area (Å²) in [6, 6.07) is 0. The van der Waals surface area contributed by atoms with Crippen LogP contribution in [0.5, 0.6) is 0 Å². The van der Waals surface area contributed by atoms with Gasteiger partial charge in [-0.2, -0.15) is 0 Å². The van der Waals surface area contributed by atoms with E-state index in [1.807, 2.05) is 5.57 Å². The van der Waals surface area contributed by atoms with Crippen molar-refractivity contribution in [3.05, 3.63) is 23.3 Å². The quantitative estimate of drug-likeness (QED) is 0.406. The van der Waals surface area contributed by atoms with Crippen molar-refractivity contribution in [2.24, 2.45) is 50.7 Å². The van der Waals surface area contributed by atoms with Crippen molar-refractivity contribution in [3.63, 3.8) is 0 Å². The Labute approximate surface area is 187 Å². The van der Waals surface area contributed by atoms with Crippen LogP contribution in [0, 0.1) is 50.7 Å². The van der Waals surface area contributed by atoms with E-state index in [1.54, 1.807) is 5.57 Å². The third-order valence-corrected chi connectivity index (χ3v) is 12.4. The summed E-state index contributed by atoms with van der Waals surface area (Å²) in [5.74, 6) is 3.48. The zero-order chi connectivity index (χ0) is 21.7. The Kier molecular flexibility index (Phi) is 4.47. The van der Waals surface area contributed by atoms with Gasteiger partial charge in [0.15, 0.2) is 0 Å². The van der Waals surface area contributed by atoms with E-state index in [0.29, 0.717) is 27.1 Å². The normalized spacial score (nSPS) is 52.0. The molecule has 0 aromatic carbocycles. The standard InChI is InChI=1S/C30H48/c1-20(2)21-10-13-25-28(21,6)18-19-29(7)23-11-12-24-26(3,4)15-9-16-27(24,5)22(23)14-17-30(25,29)8/h11,14,20-21,24-25H,9-10,12-13,15-19H2,1-8H3. The summed E-state index contributed by atoms with van der Waals surface area (Å²) < 4.78 is 0. The minimum atomic E-state index is 0.378. The maximum atomic E-state index is 2.79. The molecule has 5 aliphatic carbocycles. The summed E-state index contributed by atoms with van der Waals surface area (Å²) in [6.45, 7) is 20.8. The lowest BCUT2D eigenvalue weighted by Crippen LogP contribution is -2.58. The van der Waals surface area contributed by atoms with Crippen LogP contribution in [-0.4, -0.2) is 0 Å². The molecule has 168 valence electrons. The van der Waals surface area contributed by atoms with Crippen LogP contribution < -0.4 is 0 Å². The summed E-state index contributed by atoms with van der Waals surface area (Å²) in [7, 11) is 0. The number of hydrogen-bond acceptors (Lipinski definition) is 0. The number of fused-ring (bicyclic) bond motifs is 7. The van der Waals surface area contributed by atoms with Gasteiger partial charge >= 0.3 is 0 Å². The fraction of sp³-hybridized carbons (Fsp3) is 0.867. The van der Waals surface area contributed by atoms with Gasteiger partial charge in [-0.15, -0.1) is 0 Å². The van der Waals surface area contributed by atoms with Crippen LogP contribution in [0.1, 0.15) is 113 Å². The maximum absolute atomic E-state index is 2.79. The Morgan fingerprint density at radius 2 is 1.53 bits per heavy atom. The van der Waals surface area contributed by atoms with Gasteiger partial charge in [-0.25, -0.2) is 0 Å². The minimum Gasteiger partial charge on any atom is -0.0801 e. The van der Waals surface area contributed by atoms with Crippen LogP contribution in [-0.2, 0) is 0 Å². The topological polar surface area (TPSA) is 0 Å². The lowest BCUT2D eigenvalue weighted by atomic mass is 9.38. The van der Waals surface area contributed by atoms with Crippen molar-refractivity contribution in [1.82, 2.24) is 0 Å². The first-order chi connectivity index (χ1) is 13.9. The summed E-state index contributed by atoms with van der Waals surface area (Å²) in [4.78, 5) is 0. The van der Waals surface area contributed by atoms with E-state index in [9.17, 15) is 0 Å². The van der Waals surface area contributed by atoms with E-state index in [0.717, 1.165) is 23.7 Å². The Hall–Kier alpha value is -0.520. The van der Waals surface area contributed by atoms with E-state index in [4.69, 9.17) is 0 Å². The first-order valence-electron chi connectivity index (χ1n) is 13.3. The van der Waals surface area contributed by atoms with Crippen LogP contribution >= 0.6 is 0 Å². The average molecular weight is 409 g/mol. The van der Waals surface area contributed by atoms with Crippen molar-refractivity contribution in [3.8, 4) is 0 Å². The van der Waals surface area contributed by atoms with E-state index in [2.05, 4.69) is 67.5 Å². The maximum Gasteiger partial charge on any atom is -0.00158 e. The fourth-order valence-corrected chi connectivity index (χ4v) is 10.6. The van der Waals surface area contributed by atoms with Gasteiger partial charge in [0, 0.05) is 0 Å². The highest BCUT2D eigenvalue weighted by Crippen LogP contribution is 2.75. The first kappa shape index (κ1) is 21.3. The van der Waals surface area contributed by atoms with E-state index in [-0.39, 0.29) is 0 Å². The molecule has 0 bridgehead atoms. The highest BCUT2D eigenvalue weighted by atomic mass is 14.7. The van der Waals surface area contributed by atoms with Gasteiger partial charge in [-0.3, -0.25) is 0 Å². The van der Waals surface area contributed by atoms with Gasteiger partial charge < -0.3 is 0 Å². The average Bonchev–Trinajstić information content (AvgIpc) is 3.01. The predicted octanol–water partition coefficient (Wildman–Crippen LogP) is 8.97. The molecule has 0 aromatic heterocycles. The van der Waals surface area contributed by atoms with Crippen molar-refractivity contribution in [1.29, 1.82) is 0 Å². The third-order valence-electron chi connectivity index (χ3n) is 12.4. The molecule has 7 atom stereocenters. The third kappa shape index (κ3) is 2.41. The zero-order valence-electron chi connectivity index (χ0n) is 21.3. The van der Waals surface area contributed by atoms with E-state index >= 15 is 0 Å². The summed E-state index contributed by atoms with van der Waals surface area (Å²) in [6.07, 6.45) is 18.2. The van der Waals surface area contributed by atoms with Crippen molar-refractivity contribution in [2.75, 3.05) is 0 Å². The van der Waals surface area contributed by atoms with Gasteiger partial charge in [0.05, 0.1) is 0 Å². The Bertz CT molecular complexity index is 795. The summed E-state index contributed by atoms with van der Waals surface area (Å²) in [5.41, 5.74) is 5.87. The second kappa shape index (κ2) is 6.29. The van der Waals surface area contributed by atoms with Crippen molar-refractivity contribution in [2.45, 2.75) is 113 Å². The lowest BCUT2D eigenvalue weighted by molar-refractivity contribution is -0.102. The molecule has 0 spiro atoms. The summed E-state index contributed by atoms with van der Waals surface area (Å²) >= 11 is 0. The molecule has 0 saturated heterocycles. The molecule has 5 rings (SSSR count). The Morgan fingerprint density at radius 1 is 0.800 bits per heavy atom. The molecule has 30 heavy (non-hydrogen) atoms. The van der Waals surface area contributed by atoms with Crippen LogP contribution in [0.15, 0.2) is 23.3 Å². The largest absolute Gasteiger partial charge is 0.0801 e. The second-order valence-electron chi connectivity index (χ2n) is 14.2. The molecule has 0 radical (unpaired) electrons. The molecule has 0 nitrogen and oxygen atoms in total. The van der Waals surface area contributed by atoms with Gasteiger partial charge in [0.1, 0.15) is 0 Å². The van der Waals surface area contributed by atoms with Crippen LogP contribution in [0.25, 0.3) is 0 Å². The minimum absolute atomic E-state index is 0.378. The molecular formula is C30H48. The fourth-order valence-electron chi connectivity index (χ4n) is 10.6. The zero-order valence-corrected chi connectivity index (χ0v) is 21.3. The molecule has 0 amide bonds. The van der Waals surface area contributed by atoms with E-state index < -0.39 is 0 Å². The van der Waals surface area contributed by atoms with Crippen LogP contribution in [0.4, 0.5) is 0 Å². The van der Waals surface area contributed by atoms with Crippen molar-refractivity contribution < 1.29 is 0 Å². The molecule has 0 N–H and O–H groups in total. The molecule has 3 saturated carbocycles. The first-order valence-corrected chi connectivity index (χ1v) is 13.3. The Morgan fingerprint density at radius 3 is 2.23 bits per heavy atom. The number of allylic oxidation sites excluding steroid dienone is 4. The highest BCUT2D eigenvalue weighted by molar-refractivity contribution is 5.49. The van der Waals surface area contributed by atoms with Crippen LogP contribution in [0.3, 0.4) is 0 Å². The molecule has 0 heteroatoms. The number of rotatable bonds is 1. The molecule has 5 aliphatic rings. The molecule has 0 aliphatic heterocycles. The van der Waals surface area contributed by atoms with Gasteiger partial charge in [0.2, 0.25) is 0 Å². The summed E-state index contributed by atoms with van der Waals surface area (Å²) in [5, 5.41) is 0. The Balaban J connectivity index is 1.59. The van der Waals surface area contributed by atoms with Gasteiger partial charge in [0.25, 0.3) is 0 Å². The van der Waals surface area contributed by atoms with Gasteiger partial charge in [-0.1, -0.05) is 74.0 Å². The molecule has 0 aromatic rings. The molecule has 3 fully saturated rings. The van der Waals surface area contributed by atoms with Crippen molar-refractivity contribution >= 4 is 0 Å². The van der Waals surface area contributed by atoms with E-state index in [1.165, 1.54) is 57.8 Å². The monoisotopic (exact) mass is 408 g/mol. The molecular weight excluding hydrogens is 360 g/mol. The SMILES string of the molecule is CC(C)C1CCC2C1(C)CCC1(C)C3=CCC4C(C)(C)CCCC4(C)C3=CCC21C. The predicted molar refractivity (Wildman–Crippen MR) is 129 cm³/mol. The smallest absolute Gasteiger partial charge is 0.00158 e. The molecule has 7 unspecified atom stereocenters. The molecule has 0 heterocycles.